The molecule has 0 unspecified atom stereocenters. The Labute approximate surface area is 105 Å². The molecule has 4 heteroatoms. The Morgan fingerprint density at radius 2 is 2.28 bits per heavy atom. The monoisotopic (exact) mass is 246 g/mol. The van der Waals surface area contributed by atoms with Crippen molar-refractivity contribution in [1.82, 2.24) is 9.55 Å². The van der Waals surface area contributed by atoms with E-state index in [2.05, 4.69) is 4.98 Å². The maximum atomic E-state index is 13.0. The summed E-state index contributed by atoms with van der Waals surface area (Å²) in [6.07, 6.45) is 4.53. The Bertz CT molecular complexity index is 548. The zero-order chi connectivity index (χ0) is 13.0. The van der Waals surface area contributed by atoms with Crippen LogP contribution in [0.1, 0.15) is 29.5 Å². The van der Waals surface area contributed by atoms with Crippen LogP contribution in [0.2, 0.25) is 0 Å². The van der Waals surface area contributed by atoms with Crippen molar-refractivity contribution in [3.05, 3.63) is 53.9 Å². The van der Waals surface area contributed by atoms with Crippen molar-refractivity contribution < 1.29 is 9.18 Å². The van der Waals surface area contributed by atoms with Crippen LogP contribution in [0, 0.1) is 5.82 Å². The second-order valence-electron chi connectivity index (χ2n) is 4.17. The molecule has 0 fully saturated rings. The van der Waals surface area contributed by atoms with Crippen molar-refractivity contribution in [2.75, 3.05) is 0 Å². The van der Waals surface area contributed by atoms with Crippen molar-refractivity contribution in [2.24, 2.45) is 0 Å². The van der Waals surface area contributed by atoms with Gasteiger partial charge in [0.1, 0.15) is 5.82 Å². The molecule has 0 aliphatic carbocycles. The maximum absolute atomic E-state index is 13.0. The molecule has 0 aliphatic rings. The molecule has 0 radical (unpaired) electrons. The van der Waals surface area contributed by atoms with Crippen LogP contribution in [0.3, 0.4) is 0 Å². The lowest BCUT2D eigenvalue weighted by Gasteiger charge is -2.05. The first-order valence-electron chi connectivity index (χ1n) is 5.99. The summed E-state index contributed by atoms with van der Waals surface area (Å²) in [5.41, 5.74) is 0.672. The fourth-order valence-corrected chi connectivity index (χ4v) is 1.89. The number of carbonyl (C=O) groups excluding carboxylic acids is 1. The molecule has 0 spiro atoms. The van der Waals surface area contributed by atoms with E-state index in [9.17, 15) is 9.18 Å². The van der Waals surface area contributed by atoms with Crippen LogP contribution in [0.5, 0.6) is 0 Å². The highest BCUT2D eigenvalue weighted by Crippen LogP contribution is 2.09. The Hall–Kier alpha value is -1.97. The number of imidazole rings is 1. The number of Topliss-reactive ketones (excluding diaryl/α,β-unsaturated/α-hetero) is 1. The van der Waals surface area contributed by atoms with E-state index in [-0.39, 0.29) is 18.0 Å². The number of aryl methyl sites for hydroxylation is 1. The lowest BCUT2D eigenvalue weighted by atomic mass is 10.1. The van der Waals surface area contributed by atoms with Gasteiger partial charge in [0, 0.05) is 25.4 Å². The minimum absolute atomic E-state index is 0.0842. The second kappa shape index (κ2) is 5.58. The largest absolute Gasteiger partial charge is 0.329 e. The topological polar surface area (TPSA) is 34.9 Å². The van der Waals surface area contributed by atoms with Crippen molar-refractivity contribution in [1.29, 1.82) is 0 Å². The maximum Gasteiger partial charge on any atom is 0.202 e. The van der Waals surface area contributed by atoms with E-state index < -0.39 is 0 Å². The van der Waals surface area contributed by atoms with Crippen molar-refractivity contribution in [2.45, 2.75) is 26.3 Å². The van der Waals surface area contributed by atoms with Gasteiger partial charge in [-0.3, -0.25) is 4.79 Å². The number of carbonyl (C=O) groups is 1. The minimum Gasteiger partial charge on any atom is -0.329 e. The molecule has 18 heavy (non-hydrogen) atoms. The zero-order valence-corrected chi connectivity index (χ0v) is 10.3. The van der Waals surface area contributed by atoms with Crippen LogP contribution in [0.15, 0.2) is 36.7 Å². The molecule has 94 valence electrons. The smallest absolute Gasteiger partial charge is 0.202 e. The summed E-state index contributed by atoms with van der Waals surface area (Å²) in [7, 11) is 0. The van der Waals surface area contributed by atoms with Crippen LogP contribution < -0.4 is 0 Å². The summed E-state index contributed by atoms with van der Waals surface area (Å²) in [6, 6.07) is 6.10. The van der Waals surface area contributed by atoms with Gasteiger partial charge >= 0.3 is 0 Å². The lowest BCUT2D eigenvalue weighted by Crippen LogP contribution is -2.12. The number of hydrogen-bond acceptors (Lipinski definition) is 2. The minimum atomic E-state index is -0.322. The average molecular weight is 246 g/mol. The normalized spacial score (nSPS) is 10.6. The predicted octanol–water partition coefficient (Wildman–Crippen LogP) is 2.86. The molecule has 0 N–H and O–H groups in total. The second-order valence-corrected chi connectivity index (χ2v) is 4.17. The fraction of sp³-hybridized carbons (Fsp3) is 0.286. The highest BCUT2D eigenvalue weighted by atomic mass is 19.1. The molecule has 0 saturated heterocycles. The molecular weight excluding hydrogens is 231 g/mol. The summed E-state index contributed by atoms with van der Waals surface area (Å²) in [5, 5.41) is 0. The van der Waals surface area contributed by atoms with Crippen LogP contribution in [0.4, 0.5) is 4.39 Å². The van der Waals surface area contributed by atoms with Crippen molar-refractivity contribution in [3.8, 4) is 0 Å². The number of nitrogens with zero attached hydrogens (tertiary/aromatic N) is 2. The third kappa shape index (κ3) is 2.83. The summed E-state index contributed by atoms with van der Waals surface area (Å²) in [4.78, 5) is 16.1. The van der Waals surface area contributed by atoms with Gasteiger partial charge in [0.2, 0.25) is 5.78 Å². The molecule has 2 rings (SSSR count). The van der Waals surface area contributed by atoms with Gasteiger partial charge in [-0.25, -0.2) is 9.37 Å². The molecule has 3 nitrogen and oxygen atoms in total. The van der Waals surface area contributed by atoms with Gasteiger partial charge in [-0.15, -0.1) is 0 Å². The molecule has 0 saturated carbocycles. The summed E-state index contributed by atoms with van der Waals surface area (Å²) < 4.78 is 14.9. The number of ketones is 1. The Morgan fingerprint density at radius 3 is 3.00 bits per heavy atom. The van der Waals surface area contributed by atoms with E-state index in [1.54, 1.807) is 24.5 Å². The Kier molecular flexibility index (Phi) is 3.87. The average Bonchev–Trinajstić information content (AvgIpc) is 2.78. The van der Waals surface area contributed by atoms with E-state index >= 15 is 0 Å². The summed E-state index contributed by atoms with van der Waals surface area (Å²) >= 11 is 0. The number of benzene rings is 1. The number of hydrogen-bond donors (Lipinski definition) is 0. The highest BCUT2D eigenvalue weighted by Gasteiger charge is 2.13. The zero-order valence-electron chi connectivity index (χ0n) is 10.3. The predicted molar refractivity (Wildman–Crippen MR) is 67.0 cm³/mol. The van der Waals surface area contributed by atoms with Crippen molar-refractivity contribution >= 4 is 5.78 Å². The third-order valence-corrected chi connectivity index (χ3v) is 2.68. The number of halogens is 1. The van der Waals surface area contributed by atoms with E-state index in [0.717, 1.165) is 13.0 Å². The first-order valence-corrected chi connectivity index (χ1v) is 5.99. The van der Waals surface area contributed by atoms with Crippen LogP contribution in [-0.4, -0.2) is 15.3 Å². The molecule has 1 aromatic heterocycles. The molecule has 0 bridgehead atoms. The van der Waals surface area contributed by atoms with Gasteiger partial charge < -0.3 is 4.57 Å². The van der Waals surface area contributed by atoms with Crippen molar-refractivity contribution in [3.63, 3.8) is 0 Å². The van der Waals surface area contributed by atoms with Crippen LogP contribution in [-0.2, 0) is 13.0 Å². The van der Waals surface area contributed by atoms with E-state index in [4.69, 9.17) is 0 Å². The molecular formula is C14H15FN2O. The molecule has 1 heterocycles. The summed E-state index contributed by atoms with van der Waals surface area (Å²) in [6.45, 7) is 2.81. The van der Waals surface area contributed by atoms with Gasteiger partial charge in [0.15, 0.2) is 5.82 Å². The van der Waals surface area contributed by atoms with Gasteiger partial charge in [0.05, 0.1) is 0 Å². The van der Waals surface area contributed by atoms with E-state index in [0.29, 0.717) is 11.4 Å². The molecule has 0 amide bonds. The van der Waals surface area contributed by atoms with E-state index in [1.165, 1.54) is 12.1 Å². The van der Waals surface area contributed by atoms with Gasteiger partial charge in [-0.1, -0.05) is 19.1 Å². The van der Waals surface area contributed by atoms with Crippen LogP contribution >= 0.6 is 0 Å². The first kappa shape index (κ1) is 12.5. The van der Waals surface area contributed by atoms with Gasteiger partial charge in [-0.2, -0.15) is 0 Å². The molecule has 2 aromatic rings. The molecule has 1 aromatic carbocycles. The molecule has 0 atom stereocenters. The summed E-state index contributed by atoms with van der Waals surface area (Å²) in [5.74, 6) is 0.0392. The highest BCUT2D eigenvalue weighted by molar-refractivity contribution is 5.94. The number of aromatic nitrogens is 2. The van der Waals surface area contributed by atoms with E-state index in [1.807, 2.05) is 11.5 Å². The fourth-order valence-electron chi connectivity index (χ4n) is 1.89. The Balaban J connectivity index is 2.14. The lowest BCUT2D eigenvalue weighted by molar-refractivity contribution is 0.0978. The third-order valence-electron chi connectivity index (χ3n) is 2.68. The SMILES string of the molecule is CCCn1ccnc1C(=O)Cc1cccc(F)c1. The first-order chi connectivity index (χ1) is 8.70. The standard InChI is InChI=1S/C14H15FN2O/c1-2-7-17-8-6-16-14(17)13(18)10-11-4-3-5-12(15)9-11/h3-6,8-9H,2,7,10H2,1H3. The van der Waals surface area contributed by atoms with Crippen LogP contribution in [0.25, 0.3) is 0 Å². The van der Waals surface area contributed by atoms with Gasteiger partial charge in [0.25, 0.3) is 0 Å². The number of rotatable bonds is 5. The quantitative estimate of drug-likeness (QED) is 0.760. The molecule has 0 aliphatic heterocycles. The Morgan fingerprint density at radius 1 is 1.44 bits per heavy atom. The van der Waals surface area contributed by atoms with Gasteiger partial charge in [-0.05, 0) is 24.1 Å².